The third-order valence-electron chi connectivity index (χ3n) is 6.42. The minimum absolute atomic E-state index is 0.0473. The van der Waals surface area contributed by atoms with E-state index in [0.717, 1.165) is 21.7 Å². The van der Waals surface area contributed by atoms with Crippen LogP contribution >= 0.6 is 11.3 Å². The number of nitrogens with one attached hydrogen (secondary N) is 2. The van der Waals surface area contributed by atoms with Gasteiger partial charge in [-0.05, 0) is 17.9 Å². The molecule has 1 aromatic heterocycles. The van der Waals surface area contributed by atoms with Crippen LogP contribution in [0.1, 0.15) is 45.4 Å². The second-order valence-electron chi connectivity index (χ2n) is 10.1. The van der Waals surface area contributed by atoms with Crippen LogP contribution < -0.4 is 10.5 Å². The molecule has 176 valence electrons. The Morgan fingerprint density at radius 1 is 1.39 bits per heavy atom. The first-order valence-corrected chi connectivity index (χ1v) is 12.1. The number of thiazole rings is 1. The maximum absolute atomic E-state index is 13.4. The number of aliphatic hydroxyl groups excluding tert-OH is 1. The SMILES string of the molecule is BN[C@H](C(=O)N1C[C@H](O)C[C@H]1C1=NOC(C)(c2ccc(-c3scnc3C)cc2)N1)C(C)(C)C. The van der Waals surface area contributed by atoms with Crippen molar-refractivity contribution in [3.05, 3.63) is 41.0 Å². The summed E-state index contributed by atoms with van der Waals surface area (Å²) in [5, 5.41) is 21.2. The summed E-state index contributed by atoms with van der Waals surface area (Å²) in [5.74, 6) is 0.516. The summed E-state index contributed by atoms with van der Waals surface area (Å²) < 4.78 is 0. The van der Waals surface area contributed by atoms with Crippen molar-refractivity contribution in [1.29, 1.82) is 0 Å². The molecule has 2 aromatic rings. The number of β-amino-alcohol motifs (C(OH)–C–C–N with tert-alkyl or cyclic N) is 1. The number of amides is 1. The monoisotopic (exact) mass is 469 g/mol. The highest BCUT2D eigenvalue weighted by Gasteiger charge is 2.46. The van der Waals surface area contributed by atoms with E-state index in [1.54, 1.807) is 24.2 Å². The predicted molar refractivity (Wildman–Crippen MR) is 132 cm³/mol. The number of hydrogen-bond acceptors (Lipinski definition) is 8. The van der Waals surface area contributed by atoms with Gasteiger partial charge in [-0.25, -0.2) is 4.98 Å². The van der Waals surface area contributed by atoms with Crippen LogP contribution in [0.5, 0.6) is 0 Å². The van der Waals surface area contributed by atoms with Crippen molar-refractivity contribution in [2.24, 2.45) is 10.6 Å². The van der Waals surface area contributed by atoms with Crippen LogP contribution in [-0.2, 0) is 15.4 Å². The fourth-order valence-corrected chi connectivity index (χ4v) is 5.44. The first-order chi connectivity index (χ1) is 15.5. The van der Waals surface area contributed by atoms with Gasteiger partial charge in [0.25, 0.3) is 0 Å². The van der Waals surface area contributed by atoms with Crippen molar-refractivity contribution in [3.8, 4) is 10.4 Å². The number of rotatable bonds is 5. The van der Waals surface area contributed by atoms with E-state index >= 15 is 0 Å². The number of oxime groups is 1. The highest BCUT2D eigenvalue weighted by atomic mass is 32.1. The van der Waals surface area contributed by atoms with Gasteiger partial charge in [0.15, 0.2) is 13.8 Å². The lowest BCUT2D eigenvalue weighted by Crippen LogP contribution is -2.56. The van der Waals surface area contributed by atoms with E-state index in [1.165, 1.54) is 0 Å². The fraction of sp³-hybridized carbons (Fsp3) is 0.522. The van der Waals surface area contributed by atoms with Gasteiger partial charge in [-0.1, -0.05) is 50.2 Å². The Bertz CT molecular complexity index is 1050. The minimum atomic E-state index is -0.856. The Kier molecular flexibility index (Phi) is 6.28. The van der Waals surface area contributed by atoms with Gasteiger partial charge in [0, 0.05) is 25.5 Å². The lowest BCUT2D eigenvalue weighted by Gasteiger charge is -2.35. The number of benzene rings is 1. The number of carbonyl (C=O) groups excluding carboxylic acids is 1. The quantitative estimate of drug-likeness (QED) is 0.577. The van der Waals surface area contributed by atoms with Crippen molar-refractivity contribution in [2.45, 2.75) is 65.0 Å². The zero-order valence-electron chi connectivity index (χ0n) is 20.0. The van der Waals surface area contributed by atoms with Crippen LogP contribution in [0.2, 0.25) is 0 Å². The fourth-order valence-electron chi connectivity index (χ4n) is 4.63. The first kappa shape index (κ1) is 23.7. The molecule has 3 N–H and O–H groups in total. The molecule has 4 atom stereocenters. The zero-order chi connectivity index (χ0) is 24.0. The van der Waals surface area contributed by atoms with Crippen molar-refractivity contribution in [3.63, 3.8) is 0 Å². The zero-order valence-corrected chi connectivity index (χ0v) is 20.9. The molecular formula is C23H32BN5O3S. The van der Waals surface area contributed by atoms with E-state index in [0.29, 0.717) is 12.3 Å². The number of aliphatic hydroxyl groups is 1. The van der Waals surface area contributed by atoms with Gasteiger partial charge in [0.1, 0.15) is 0 Å². The number of aromatic nitrogens is 1. The summed E-state index contributed by atoms with van der Waals surface area (Å²) >= 11 is 1.62. The molecule has 2 aliphatic heterocycles. The van der Waals surface area contributed by atoms with E-state index < -0.39 is 11.8 Å². The van der Waals surface area contributed by atoms with Crippen molar-refractivity contribution < 1.29 is 14.7 Å². The van der Waals surface area contributed by atoms with Crippen LogP contribution in [0.25, 0.3) is 10.4 Å². The van der Waals surface area contributed by atoms with Crippen LogP contribution in [0.4, 0.5) is 0 Å². The molecule has 0 saturated carbocycles. The van der Waals surface area contributed by atoms with Gasteiger partial charge in [-0.3, -0.25) is 4.79 Å². The second kappa shape index (κ2) is 8.74. The summed E-state index contributed by atoms with van der Waals surface area (Å²) in [6, 6.07) is 7.40. The normalized spacial score (nSPS) is 26.0. The van der Waals surface area contributed by atoms with Gasteiger partial charge < -0.3 is 25.4 Å². The Morgan fingerprint density at radius 3 is 2.67 bits per heavy atom. The molecule has 10 heteroatoms. The smallest absolute Gasteiger partial charge is 0.239 e. The van der Waals surface area contributed by atoms with Gasteiger partial charge in [0.2, 0.25) is 11.6 Å². The van der Waals surface area contributed by atoms with Crippen molar-refractivity contribution in [2.75, 3.05) is 6.54 Å². The molecular weight excluding hydrogens is 437 g/mol. The van der Waals surface area contributed by atoms with Crippen LogP contribution in [0.15, 0.2) is 34.9 Å². The average molecular weight is 469 g/mol. The molecule has 2 aliphatic rings. The molecule has 1 amide bonds. The molecule has 0 spiro atoms. The maximum atomic E-state index is 13.4. The van der Waals surface area contributed by atoms with Gasteiger partial charge in [-0.15, -0.1) is 11.3 Å². The first-order valence-electron chi connectivity index (χ1n) is 11.2. The molecule has 1 fully saturated rings. The highest BCUT2D eigenvalue weighted by molar-refractivity contribution is 7.13. The Labute approximate surface area is 199 Å². The highest BCUT2D eigenvalue weighted by Crippen LogP contribution is 2.34. The molecule has 1 saturated heterocycles. The van der Waals surface area contributed by atoms with Crippen LogP contribution in [0.3, 0.4) is 0 Å². The number of hydrogen-bond donors (Lipinski definition) is 3. The van der Waals surface area contributed by atoms with Crippen molar-refractivity contribution in [1.82, 2.24) is 20.4 Å². The average Bonchev–Trinajstić information content (AvgIpc) is 3.46. The number of amidine groups is 1. The van der Waals surface area contributed by atoms with Gasteiger partial charge >= 0.3 is 0 Å². The van der Waals surface area contributed by atoms with Gasteiger partial charge in [0.05, 0.1) is 34.3 Å². The lowest BCUT2D eigenvalue weighted by atomic mass is 9.84. The third-order valence-corrected chi connectivity index (χ3v) is 7.39. The molecule has 0 aliphatic carbocycles. The number of aryl methyl sites for hydroxylation is 1. The summed E-state index contributed by atoms with van der Waals surface area (Å²) in [7, 11) is 1.79. The minimum Gasteiger partial charge on any atom is -0.391 e. The number of carbonyl (C=O) groups is 1. The third kappa shape index (κ3) is 4.51. The summed E-state index contributed by atoms with van der Waals surface area (Å²) in [6.45, 7) is 10.3. The van der Waals surface area contributed by atoms with E-state index in [1.807, 2.05) is 52.3 Å². The summed E-state index contributed by atoms with van der Waals surface area (Å²) in [4.78, 5) is 26.4. The Hall–Kier alpha value is -2.43. The number of nitrogens with zero attached hydrogens (tertiary/aromatic N) is 3. The molecule has 1 aromatic carbocycles. The van der Waals surface area contributed by atoms with E-state index in [-0.39, 0.29) is 30.0 Å². The Balaban J connectivity index is 1.52. The number of likely N-dealkylation sites (tertiary alicyclic amines) is 1. The Morgan fingerprint density at radius 2 is 2.09 bits per heavy atom. The molecule has 0 bridgehead atoms. The molecule has 33 heavy (non-hydrogen) atoms. The molecule has 0 radical (unpaired) electrons. The summed E-state index contributed by atoms with van der Waals surface area (Å²) in [6.07, 6.45) is -0.184. The van der Waals surface area contributed by atoms with E-state index in [2.05, 4.69) is 32.8 Å². The van der Waals surface area contributed by atoms with Crippen LogP contribution in [-0.4, -0.2) is 59.4 Å². The van der Waals surface area contributed by atoms with Crippen LogP contribution in [0, 0.1) is 12.3 Å². The molecule has 3 heterocycles. The standard InChI is InChI=1S/C23H32BN5O3S/c1-13-18(33-12-25-13)14-6-8-15(9-7-14)23(5)26-20(28-32-23)17-10-16(30)11-29(17)21(31)19(27-24)22(2,3)4/h6-9,12,16-17,19,27,30H,10-11,24H2,1-5H3,(H,26,28)/t16-,17+,19-,23?/m1/s1. The van der Waals surface area contributed by atoms with E-state index in [9.17, 15) is 9.90 Å². The molecule has 4 rings (SSSR count). The maximum Gasteiger partial charge on any atom is 0.239 e. The lowest BCUT2D eigenvalue weighted by molar-refractivity contribution is -0.135. The summed E-state index contributed by atoms with van der Waals surface area (Å²) in [5.41, 5.74) is 3.77. The predicted octanol–water partition coefficient (Wildman–Crippen LogP) is 1.74. The second-order valence-corrected chi connectivity index (χ2v) is 10.9. The van der Waals surface area contributed by atoms with E-state index in [4.69, 9.17) is 4.84 Å². The van der Waals surface area contributed by atoms with Crippen molar-refractivity contribution >= 4 is 31.1 Å². The van der Waals surface area contributed by atoms with Gasteiger partial charge in [-0.2, -0.15) is 0 Å². The topological polar surface area (TPSA) is 99.1 Å². The molecule has 1 unspecified atom stereocenters. The largest absolute Gasteiger partial charge is 0.391 e. The molecule has 8 nitrogen and oxygen atoms in total.